The molecule has 1 saturated heterocycles. The first-order valence-corrected chi connectivity index (χ1v) is 7.90. The summed E-state index contributed by atoms with van der Waals surface area (Å²) in [5, 5.41) is 4.52. The van der Waals surface area contributed by atoms with Gasteiger partial charge >= 0.3 is 5.97 Å². The zero-order valence-electron chi connectivity index (χ0n) is 12.4. The first-order valence-electron chi connectivity index (χ1n) is 7.11. The third kappa shape index (κ3) is 3.41. The van der Waals surface area contributed by atoms with Gasteiger partial charge in [-0.25, -0.2) is 0 Å². The number of rotatable bonds is 4. The van der Waals surface area contributed by atoms with Crippen LogP contribution in [0, 0.1) is 19.8 Å². The van der Waals surface area contributed by atoms with Gasteiger partial charge in [-0.3, -0.25) is 14.4 Å². The standard InChI is InChI=1S/C14H22BrN3O2/c1-4-20-14(19)12-5-7-17(8-6-12)9-18-11(3)13(15)10(2)16-18/h12H,4-9H2,1-3H3. The van der Waals surface area contributed by atoms with Crippen molar-refractivity contribution in [3.05, 3.63) is 15.9 Å². The van der Waals surface area contributed by atoms with Gasteiger partial charge in [-0.05, 0) is 49.5 Å². The maximum atomic E-state index is 11.7. The van der Waals surface area contributed by atoms with Crippen LogP contribution in [0.5, 0.6) is 0 Å². The van der Waals surface area contributed by atoms with E-state index in [2.05, 4.69) is 32.9 Å². The van der Waals surface area contributed by atoms with Crippen LogP contribution in [-0.4, -0.2) is 40.3 Å². The zero-order chi connectivity index (χ0) is 14.7. The number of piperidine rings is 1. The Bertz CT molecular complexity index is 479. The van der Waals surface area contributed by atoms with Gasteiger partial charge in [-0.2, -0.15) is 5.10 Å². The van der Waals surface area contributed by atoms with Crippen LogP contribution in [0.4, 0.5) is 0 Å². The predicted molar refractivity (Wildman–Crippen MR) is 80.3 cm³/mol. The topological polar surface area (TPSA) is 47.4 Å². The van der Waals surface area contributed by atoms with Gasteiger partial charge in [0.2, 0.25) is 0 Å². The summed E-state index contributed by atoms with van der Waals surface area (Å²) in [6, 6.07) is 0. The number of carbonyl (C=O) groups excluding carboxylic acids is 1. The maximum Gasteiger partial charge on any atom is 0.309 e. The van der Waals surface area contributed by atoms with Gasteiger partial charge in [-0.1, -0.05) is 0 Å². The average Bonchev–Trinajstić information content (AvgIpc) is 2.67. The highest BCUT2D eigenvalue weighted by Crippen LogP contribution is 2.22. The Hall–Kier alpha value is -0.880. The molecule has 1 aromatic heterocycles. The molecule has 0 atom stereocenters. The second kappa shape index (κ2) is 6.72. The van der Waals surface area contributed by atoms with Gasteiger partial charge in [0.25, 0.3) is 0 Å². The number of hydrogen-bond donors (Lipinski definition) is 0. The summed E-state index contributed by atoms with van der Waals surface area (Å²) in [6.07, 6.45) is 1.75. The van der Waals surface area contributed by atoms with E-state index < -0.39 is 0 Å². The van der Waals surface area contributed by atoms with Gasteiger partial charge < -0.3 is 4.74 Å². The van der Waals surface area contributed by atoms with Gasteiger partial charge in [-0.15, -0.1) is 0 Å². The number of nitrogens with zero attached hydrogens (tertiary/aromatic N) is 3. The van der Waals surface area contributed by atoms with Gasteiger partial charge in [0.1, 0.15) is 0 Å². The lowest BCUT2D eigenvalue weighted by Gasteiger charge is -2.30. The fourth-order valence-electron chi connectivity index (χ4n) is 2.57. The van der Waals surface area contributed by atoms with Crippen molar-refractivity contribution in [1.82, 2.24) is 14.7 Å². The summed E-state index contributed by atoms with van der Waals surface area (Å²) < 4.78 is 8.19. The van der Waals surface area contributed by atoms with Crippen molar-refractivity contribution in [2.45, 2.75) is 40.3 Å². The van der Waals surface area contributed by atoms with Crippen molar-refractivity contribution < 1.29 is 9.53 Å². The van der Waals surface area contributed by atoms with Crippen molar-refractivity contribution >= 4 is 21.9 Å². The summed E-state index contributed by atoms with van der Waals surface area (Å²) in [5.74, 6) is 0.0272. The molecule has 1 fully saturated rings. The van der Waals surface area contributed by atoms with E-state index in [1.54, 1.807) is 0 Å². The molecule has 6 heteroatoms. The summed E-state index contributed by atoms with van der Waals surface area (Å²) in [4.78, 5) is 14.0. The van der Waals surface area contributed by atoms with Crippen LogP contribution < -0.4 is 0 Å². The van der Waals surface area contributed by atoms with E-state index in [9.17, 15) is 4.79 Å². The molecular weight excluding hydrogens is 322 g/mol. The monoisotopic (exact) mass is 343 g/mol. The van der Waals surface area contributed by atoms with E-state index in [1.807, 2.05) is 18.5 Å². The van der Waals surface area contributed by atoms with Crippen molar-refractivity contribution in [1.29, 1.82) is 0 Å². The first kappa shape index (κ1) is 15.5. The second-order valence-corrected chi connectivity index (χ2v) is 6.06. The van der Waals surface area contributed by atoms with Crippen LogP contribution >= 0.6 is 15.9 Å². The lowest BCUT2D eigenvalue weighted by molar-refractivity contribution is -0.149. The Morgan fingerprint density at radius 3 is 2.55 bits per heavy atom. The van der Waals surface area contributed by atoms with E-state index in [0.29, 0.717) is 6.61 Å². The van der Waals surface area contributed by atoms with Crippen molar-refractivity contribution in [3.63, 3.8) is 0 Å². The summed E-state index contributed by atoms with van der Waals surface area (Å²) >= 11 is 3.55. The number of hydrogen-bond acceptors (Lipinski definition) is 4. The number of ether oxygens (including phenoxy) is 1. The normalized spacial score (nSPS) is 17.4. The molecule has 0 spiro atoms. The third-order valence-corrected chi connectivity index (χ3v) is 4.98. The Morgan fingerprint density at radius 1 is 1.40 bits per heavy atom. The van der Waals surface area contributed by atoms with Gasteiger partial charge in [0.15, 0.2) is 0 Å². The van der Waals surface area contributed by atoms with Crippen molar-refractivity contribution in [2.75, 3.05) is 19.7 Å². The Labute approximate surface area is 128 Å². The van der Waals surface area contributed by atoms with E-state index in [1.165, 1.54) is 0 Å². The van der Waals surface area contributed by atoms with E-state index in [0.717, 1.165) is 48.5 Å². The van der Waals surface area contributed by atoms with Gasteiger partial charge in [0.05, 0.1) is 35.1 Å². The molecule has 0 unspecified atom stereocenters. The summed E-state index contributed by atoms with van der Waals surface area (Å²) in [7, 11) is 0. The predicted octanol–water partition coefficient (Wildman–Crippen LogP) is 2.50. The summed E-state index contributed by atoms with van der Waals surface area (Å²) in [5.41, 5.74) is 2.17. The number of aromatic nitrogens is 2. The van der Waals surface area contributed by atoms with Crippen LogP contribution in [0.3, 0.4) is 0 Å². The molecule has 112 valence electrons. The summed E-state index contributed by atoms with van der Waals surface area (Å²) in [6.45, 7) is 9.01. The Balaban J connectivity index is 1.88. The maximum absolute atomic E-state index is 11.7. The smallest absolute Gasteiger partial charge is 0.309 e. The molecule has 5 nitrogen and oxygen atoms in total. The van der Waals surface area contributed by atoms with Crippen molar-refractivity contribution in [3.8, 4) is 0 Å². The number of carbonyl (C=O) groups is 1. The van der Waals surface area contributed by atoms with Crippen LogP contribution in [0.15, 0.2) is 4.47 Å². The highest BCUT2D eigenvalue weighted by Gasteiger charge is 2.26. The van der Waals surface area contributed by atoms with E-state index >= 15 is 0 Å². The van der Waals surface area contributed by atoms with E-state index in [4.69, 9.17) is 4.74 Å². The third-order valence-electron chi connectivity index (χ3n) is 3.83. The number of halogens is 1. The average molecular weight is 344 g/mol. The number of esters is 1. The molecule has 0 N–H and O–H groups in total. The molecule has 2 heterocycles. The minimum Gasteiger partial charge on any atom is -0.466 e. The Morgan fingerprint density at radius 2 is 2.05 bits per heavy atom. The first-order chi connectivity index (χ1) is 9.52. The van der Waals surface area contributed by atoms with Crippen LogP contribution in [-0.2, 0) is 16.2 Å². The molecule has 0 radical (unpaired) electrons. The molecule has 0 amide bonds. The van der Waals surface area contributed by atoms with Gasteiger partial charge in [0, 0.05) is 13.1 Å². The highest BCUT2D eigenvalue weighted by molar-refractivity contribution is 9.10. The molecule has 0 saturated carbocycles. The molecule has 20 heavy (non-hydrogen) atoms. The van der Waals surface area contributed by atoms with Crippen LogP contribution in [0.1, 0.15) is 31.2 Å². The quantitative estimate of drug-likeness (QED) is 0.788. The number of aryl methyl sites for hydroxylation is 1. The number of likely N-dealkylation sites (tertiary alicyclic amines) is 1. The largest absolute Gasteiger partial charge is 0.466 e. The lowest BCUT2D eigenvalue weighted by Crippen LogP contribution is -2.38. The molecule has 0 aliphatic carbocycles. The zero-order valence-corrected chi connectivity index (χ0v) is 13.9. The molecule has 0 aromatic carbocycles. The molecule has 2 rings (SSSR count). The molecule has 0 bridgehead atoms. The highest BCUT2D eigenvalue weighted by atomic mass is 79.9. The van der Waals surface area contributed by atoms with Crippen molar-refractivity contribution in [2.24, 2.45) is 5.92 Å². The molecule has 1 aliphatic heterocycles. The molecule has 1 aromatic rings. The minimum absolute atomic E-state index is 0.0407. The minimum atomic E-state index is -0.0407. The fraction of sp³-hybridized carbons (Fsp3) is 0.714. The van der Waals surface area contributed by atoms with Crippen LogP contribution in [0.25, 0.3) is 0 Å². The fourth-order valence-corrected chi connectivity index (χ4v) is 2.86. The second-order valence-electron chi connectivity index (χ2n) is 5.27. The van der Waals surface area contributed by atoms with E-state index in [-0.39, 0.29) is 11.9 Å². The lowest BCUT2D eigenvalue weighted by atomic mass is 9.97. The molecular formula is C14H22BrN3O2. The molecule has 1 aliphatic rings. The SMILES string of the molecule is CCOC(=O)C1CCN(Cn2nc(C)c(Br)c2C)CC1. The van der Waals surface area contributed by atoms with Crippen LogP contribution in [0.2, 0.25) is 0 Å². The Kier molecular flexibility index (Phi) is 5.21.